The number of carbonyl (C=O) groups is 2. The Balaban J connectivity index is 1.53. The lowest BCUT2D eigenvalue weighted by Gasteiger charge is -2.58. The first kappa shape index (κ1) is 18.6. The van der Waals surface area contributed by atoms with Gasteiger partial charge in [-0.05, 0) is 68.3 Å². The summed E-state index contributed by atoms with van der Waals surface area (Å²) < 4.78 is 5.10. The first-order chi connectivity index (χ1) is 13.2. The number of carbonyl (C=O) groups excluding carboxylic acids is 2. The number of allylic oxidation sites excluding steroid dienone is 1. The molecule has 3 fully saturated rings. The molecule has 1 aliphatic heterocycles. The van der Waals surface area contributed by atoms with Crippen LogP contribution in [0.2, 0.25) is 0 Å². The van der Waals surface area contributed by atoms with Crippen molar-refractivity contribution >= 4 is 11.8 Å². The van der Waals surface area contributed by atoms with E-state index in [1.54, 1.807) is 0 Å². The third kappa shape index (κ3) is 2.20. The van der Waals surface area contributed by atoms with Gasteiger partial charge in [0.05, 0.1) is 11.7 Å². The molecule has 0 aromatic carbocycles. The second kappa shape index (κ2) is 5.79. The Bertz CT molecular complexity index is 812. The minimum atomic E-state index is -1.07. The fourth-order valence-corrected chi connectivity index (χ4v) is 7.54. The Morgan fingerprint density at radius 3 is 2.46 bits per heavy atom. The summed E-state index contributed by atoms with van der Waals surface area (Å²) in [6.45, 7) is 4.56. The van der Waals surface area contributed by atoms with Crippen molar-refractivity contribution in [1.82, 2.24) is 0 Å². The normalized spacial score (nSPS) is 50.3. The predicted molar refractivity (Wildman–Crippen MR) is 102 cm³/mol. The van der Waals surface area contributed by atoms with E-state index in [1.165, 1.54) is 6.08 Å². The molecule has 7 atom stereocenters. The number of hydrogen-bond acceptors (Lipinski definition) is 5. The van der Waals surface area contributed by atoms with Crippen LogP contribution in [-0.4, -0.2) is 40.3 Å². The molecule has 2 N–H and O–H groups in total. The Kier molecular flexibility index (Phi) is 3.84. The van der Waals surface area contributed by atoms with Crippen molar-refractivity contribution in [2.75, 3.05) is 6.61 Å². The topological polar surface area (TPSA) is 83.8 Å². The van der Waals surface area contributed by atoms with Gasteiger partial charge in [-0.2, -0.15) is 0 Å². The summed E-state index contributed by atoms with van der Waals surface area (Å²) >= 11 is 0. The van der Waals surface area contributed by atoms with Crippen LogP contribution in [0, 0.1) is 28.6 Å². The molecular formula is C23H30O5. The Morgan fingerprint density at radius 1 is 1.00 bits per heavy atom. The molecule has 5 heteroatoms. The van der Waals surface area contributed by atoms with Gasteiger partial charge in [-0.1, -0.05) is 19.4 Å². The second-order valence-corrected chi connectivity index (χ2v) is 10.3. The molecule has 28 heavy (non-hydrogen) atoms. The third-order valence-corrected chi connectivity index (χ3v) is 9.26. The highest BCUT2D eigenvalue weighted by atomic mass is 16.5. The number of hydrogen-bond donors (Lipinski definition) is 2. The zero-order chi connectivity index (χ0) is 19.9. The number of rotatable bonds is 1. The Morgan fingerprint density at radius 2 is 1.75 bits per heavy atom. The predicted octanol–water partition coefficient (Wildman–Crippen LogP) is 2.70. The molecular weight excluding hydrogens is 356 g/mol. The summed E-state index contributed by atoms with van der Waals surface area (Å²) in [6, 6.07) is 0. The highest BCUT2D eigenvalue weighted by Crippen LogP contribution is 2.67. The van der Waals surface area contributed by atoms with Gasteiger partial charge in [0.1, 0.15) is 6.61 Å². The number of esters is 1. The first-order valence-corrected chi connectivity index (χ1v) is 10.7. The maximum absolute atomic E-state index is 13.3. The van der Waals surface area contributed by atoms with Crippen LogP contribution in [0.5, 0.6) is 0 Å². The van der Waals surface area contributed by atoms with E-state index in [0.29, 0.717) is 18.4 Å². The fraction of sp³-hybridized carbons (Fsp3) is 0.739. The number of aliphatic hydroxyl groups is 2. The molecule has 3 saturated carbocycles. The maximum Gasteiger partial charge on any atom is 0.331 e. The number of ether oxygens (including phenoxy) is 1. The van der Waals surface area contributed by atoms with Gasteiger partial charge < -0.3 is 14.9 Å². The number of ketones is 1. The van der Waals surface area contributed by atoms with Crippen LogP contribution < -0.4 is 0 Å². The highest BCUT2D eigenvalue weighted by Gasteiger charge is 2.66. The summed E-state index contributed by atoms with van der Waals surface area (Å²) in [4.78, 5) is 24.9. The van der Waals surface area contributed by atoms with Gasteiger partial charge in [-0.3, -0.25) is 4.79 Å². The van der Waals surface area contributed by atoms with Crippen LogP contribution in [0.4, 0.5) is 0 Å². The third-order valence-electron chi connectivity index (χ3n) is 9.26. The molecule has 1 heterocycles. The molecule has 0 spiro atoms. The summed E-state index contributed by atoms with van der Waals surface area (Å²) in [5.74, 6) is 0.124. The van der Waals surface area contributed by atoms with E-state index in [-0.39, 0.29) is 47.6 Å². The lowest BCUT2D eigenvalue weighted by molar-refractivity contribution is -0.142. The van der Waals surface area contributed by atoms with Gasteiger partial charge in [-0.25, -0.2) is 4.79 Å². The number of fused-ring (bicyclic) bond motifs is 5. The van der Waals surface area contributed by atoms with E-state index >= 15 is 0 Å². The van der Waals surface area contributed by atoms with E-state index < -0.39 is 11.0 Å². The van der Waals surface area contributed by atoms with Crippen LogP contribution in [0.25, 0.3) is 0 Å². The molecule has 0 amide bonds. The summed E-state index contributed by atoms with van der Waals surface area (Å²) in [5, 5.41) is 21.8. The summed E-state index contributed by atoms with van der Waals surface area (Å²) in [5.41, 5.74) is 0.313. The molecule has 152 valence electrons. The van der Waals surface area contributed by atoms with Crippen molar-refractivity contribution < 1.29 is 24.5 Å². The van der Waals surface area contributed by atoms with E-state index in [9.17, 15) is 19.8 Å². The van der Waals surface area contributed by atoms with E-state index in [2.05, 4.69) is 13.8 Å². The van der Waals surface area contributed by atoms with Gasteiger partial charge in [-0.15, -0.1) is 0 Å². The van der Waals surface area contributed by atoms with Crippen molar-refractivity contribution in [2.45, 2.75) is 70.5 Å². The quantitative estimate of drug-likeness (QED) is 0.677. The van der Waals surface area contributed by atoms with Crippen molar-refractivity contribution in [1.29, 1.82) is 0 Å². The average molecular weight is 386 g/mol. The second-order valence-electron chi connectivity index (χ2n) is 10.3. The van der Waals surface area contributed by atoms with Crippen molar-refractivity contribution in [2.24, 2.45) is 28.6 Å². The number of cyclic esters (lactones) is 1. The van der Waals surface area contributed by atoms with E-state index in [1.807, 2.05) is 6.08 Å². The molecule has 5 aliphatic rings. The smallest absolute Gasteiger partial charge is 0.331 e. The Labute approximate surface area is 165 Å². The van der Waals surface area contributed by atoms with Crippen LogP contribution in [-0.2, 0) is 14.3 Å². The molecule has 4 aliphatic carbocycles. The van der Waals surface area contributed by atoms with Gasteiger partial charge in [0.15, 0.2) is 5.78 Å². The highest BCUT2D eigenvalue weighted by molar-refractivity contribution is 5.94. The summed E-state index contributed by atoms with van der Waals surface area (Å²) in [6.07, 6.45) is 8.42. The zero-order valence-corrected chi connectivity index (χ0v) is 16.7. The molecule has 0 unspecified atom stereocenters. The van der Waals surface area contributed by atoms with E-state index in [4.69, 9.17) is 4.74 Å². The van der Waals surface area contributed by atoms with Gasteiger partial charge in [0.25, 0.3) is 0 Å². The first-order valence-electron chi connectivity index (χ1n) is 10.7. The molecule has 0 radical (unpaired) electrons. The molecule has 0 saturated heterocycles. The van der Waals surface area contributed by atoms with Crippen LogP contribution in [0.1, 0.15) is 58.8 Å². The van der Waals surface area contributed by atoms with Gasteiger partial charge in [0, 0.05) is 23.0 Å². The molecule has 5 nitrogen and oxygen atoms in total. The van der Waals surface area contributed by atoms with Crippen molar-refractivity contribution in [3.63, 3.8) is 0 Å². The minimum absolute atomic E-state index is 0.0223. The average Bonchev–Trinajstić information content (AvgIpc) is 3.19. The SMILES string of the molecule is C[C@]12CC[C@H](O)CC1=CC(=O)[C@@H]1[C@@H]2CC[C@@]2(C)[C@H]1CC[C@]2(O)C1=CC(=O)OC1. The number of aliphatic hydroxyl groups excluding tert-OH is 1. The molecule has 0 aromatic heterocycles. The maximum atomic E-state index is 13.3. The van der Waals surface area contributed by atoms with Gasteiger partial charge in [0.2, 0.25) is 0 Å². The lowest BCUT2D eigenvalue weighted by Crippen LogP contribution is -2.57. The lowest BCUT2D eigenvalue weighted by atomic mass is 9.46. The van der Waals surface area contributed by atoms with Crippen molar-refractivity contribution in [3.8, 4) is 0 Å². The summed E-state index contributed by atoms with van der Waals surface area (Å²) in [7, 11) is 0. The molecule has 5 rings (SSSR count). The largest absolute Gasteiger partial charge is 0.458 e. The minimum Gasteiger partial charge on any atom is -0.458 e. The molecule has 0 bridgehead atoms. The van der Waals surface area contributed by atoms with Crippen LogP contribution >= 0.6 is 0 Å². The molecule has 0 aromatic rings. The zero-order valence-electron chi connectivity index (χ0n) is 16.7. The van der Waals surface area contributed by atoms with Crippen LogP contribution in [0.3, 0.4) is 0 Å². The van der Waals surface area contributed by atoms with Gasteiger partial charge >= 0.3 is 5.97 Å². The van der Waals surface area contributed by atoms with Crippen LogP contribution in [0.15, 0.2) is 23.3 Å². The Hall–Kier alpha value is -1.46. The van der Waals surface area contributed by atoms with Crippen molar-refractivity contribution in [3.05, 3.63) is 23.3 Å². The van der Waals surface area contributed by atoms with E-state index in [0.717, 1.165) is 37.7 Å². The standard InChI is InChI=1S/C23H30O5/c1-21-6-3-15(24)9-13(21)10-18(25)20-16(21)4-7-22(2)17(20)5-8-23(22,27)14-11-19(26)28-12-14/h10-11,15-17,20,24,27H,3-9,12H2,1-2H3/t15-,16-,17-,20+,21-,22-,23-/m0/s1. The monoisotopic (exact) mass is 386 g/mol. The fourth-order valence-electron chi connectivity index (χ4n) is 7.54.